The van der Waals surface area contributed by atoms with Crippen molar-refractivity contribution in [1.29, 1.82) is 0 Å². The van der Waals surface area contributed by atoms with E-state index in [9.17, 15) is 4.79 Å². The van der Waals surface area contributed by atoms with Crippen molar-refractivity contribution in [2.45, 2.75) is 31.9 Å². The summed E-state index contributed by atoms with van der Waals surface area (Å²) in [4.78, 5) is 16.9. The molecule has 6 heteroatoms. The number of carbonyl (C=O) groups is 1. The molecule has 25 heavy (non-hydrogen) atoms. The molecule has 6 nitrogen and oxygen atoms in total. The second-order valence-electron chi connectivity index (χ2n) is 7.05. The number of fused-ring (bicyclic) bond motifs is 1. The molecule has 3 aliphatic heterocycles. The highest BCUT2D eigenvalue weighted by atomic mass is 16.6. The van der Waals surface area contributed by atoms with Gasteiger partial charge in [0, 0.05) is 19.1 Å². The van der Waals surface area contributed by atoms with Crippen molar-refractivity contribution in [2.24, 2.45) is 0 Å². The molecule has 3 aliphatic rings. The third-order valence-corrected chi connectivity index (χ3v) is 5.25. The Hall–Kier alpha value is -1.79. The summed E-state index contributed by atoms with van der Waals surface area (Å²) in [6.45, 7) is 6.70. The normalized spacial score (nSPS) is 26.7. The molecule has 0 radical (unpaired) electrons. The Bertz CT molecular complexity index is 636. The summed E-state index contributed by atoms with van der Waals surface area (Å²) in [5, 5.41) is 0. The van der Waals surface area contributed by atoms with Gasteiger partial charge >= 0.3 is 0 Å². The molecule has 2 atom stereocenters. The van der Waals surface area contributed by atoms with Crippen LogP contribution in [0.3, 0.4) is 0 Å². The molecule has 2 saturated heterocycles. The first kappa shape index (κ1) is 16.7. The monoisotopic (exact) mass is 346 g/mol. The fraction of sp³-hybridized carbons (Fsp3) is 0.632. The lowest BCUT2D eigenvalue weighted by molar-refractivity contribution is -0.139. The van der Waals surface area contributed by atoms with Crippen LogP contribution in [0.1, 0.15) is 31.4 Å². The highest BCUT2D eigenvalue weighted by Gasteiger charge is 2.31. The van der Waals surface area contributed by atoms with Gasteiger partial charge in [-0.15, -0.1) is 0 Å². The Morgan fingerprint density at radius 2 is 2.00 bits per heavy atom. The molecule has 0 unspecified atom stereocenters. The summed E-state index contributed by atoms with van der Waals surface area (Å²) < 4.78 is 16.9. The minimum atomic E-state index is 0.130. The number of rotatable bonds is 3. The summed E-state index contributed by atoms with van der Waals surface area (Å²) >= 11 is 0. The summed E-state index contributed by atoms with van der Waals surface area (Å²) in [7, 11) is 0. The lowest BCUT2D eigenvalue weighted by Gasteiger charge is -2.33. The van der Waals surface area contributed by atoms with Crippen LogP contribution in [0.4, 0.5) is 0 Å². The molecular formula is C19H26N2O4. The number of ether oxygens (including phenoxy) is 3. The van der Waals surface area contributed by atoms with Gasteiger partial charge in [-0.3, -0.25) is 9.69 Å². The van der Waals surface area contributed by atoms with Crippen LogP contribution in [-0.4, -0.2) is 67.8 Å². The smallest absolute Gasteiger partial charge is 0.236 e. The molecule has 3 heterocycles. The predicted octanol–water partition coefficient (Wildman–Crippen LogP) is 1.84. The molecule has 2 fully saturated rings. The average Bonchev–Trinajstić information content (AvgIpc) is 3.09. The zero-order valence-corrected chi connectivity index (χ0v) is 14.8. The van der Waals surface area contributed by atoms with Crippen LogP contribution in [0, 0.1) is 0 Å². The van der Waals surface area contributed by atoms with Gasteiger partial charge in [0.2, 0.25) is 5.91 Å². The number of nitrogens with zero attached hydrogens (tertiary/aromatic N) is 2. The van der Waals surface area contributed by atoms with E-state index in [1.807, 2.05) is 17.9 Å². The van der Waals surface area contributed by atoms with Gasteiger partial charge in [0.05, 0.1) is 19.3 Å². The van der Waals surface area contributed by atoms with Crippen molar-refractivity contribution in [2.75, 3.05) is 46.0 Å². The highest BCUT2D eigenvalue weighted by molar-refractivity contribution is 5.78. The average molecular weight is 346 g/mol. The molecule has 0 aliphatic carbocycles. The Labute approximate surface area is 148 Å². The van der Waals surface area contributed by atoms with Gasteiger partial charge in [-0.2, -0.15) is 0 Å². The van der Waals surface area contributed by atoms with Crippen molar-refractivity contribution in [3.63, 3.8) is 0 Å². The summed E-state index contributed by atoms with van der Waals surface area (Å²) in [5.41, 5.74) is 1.21. The maximum atomic E-state index is 12.7. The van der Waals surface area contributed by atoms with Gasteiger partial charge < -0.3 is 19.1 Å². The lowest BCUT2D eigenvalue weighted by Crippen LogP contribution is -2.48. The minimum Gasteiger partial charge on any atom is -0.486 e. The zero-order chi connectivity index (χ0) is 17.2. The van der Waals surface area contributed by atoms with Crippen molar-refractivity contribution in [3.8, 4) is 11.5 Å². The van der Waals surface area contributed by atoms with Crippen LogP contribution in [0.2, 0.25) is 0 Å². The van der Waals surface area contributed by atoms with Crippen LogP contribution in [0.15, 0.2) is 18.2 Å². The Balaban J connectivity index is 1.44. The predicted molar refractivity (Wildman–Crippen MR) is 93.0 cm³/mol. The Kier molecular flexibility index (Phi) is 4.81. The molecular weight excluding hydrogens is 320 g/mol. The molecule has 4 rings (SSSR count). The van der Waals surface area contributed by atoms with Crippen LogP contribution in [0.25, 0.3) is 0 Å². The first-order valence-electron chi connectivity index (χ1n) is 9.23. The second-order valence-corrected chi connectivity index (χ2v) is 7.05. The van der Waals surface area contributed by atoms with E-state index in [1.165, 1.54) is 5.56 Å². The van der Waals surface area contributed by atoms with Crippen molar-refractivity contribution in [3.05, 3.63) is 23.8 Å². The Morgan fingerprint density at radius 1 is 1.16 bits per heavy atom. The van der Waals surface area contributed by atoms with E-state index in [0.29, 0.717) is 39.5 Å². The van der Waals surface area contributed by atoms with Gasteiger partial charge in [0.25, 0.3) is 0 Å². The van der Waals surface area contributed by atoms with E-state index in [4.69, 9.17) is 14.2 Å². The van der Waals surface area contributed by atoms with E-state index in [-0.39, 0.29) is 18.1 Å². The third kappa shape index (κ3) is 3.60. The number of hydrogen-bond donors (Lipinski definition) is 0. The van der Waals surface area contributed by atoms with Crippen LogP contribution < -0.4 is 9.47 Å². The zero-order valence-electron chi connectivity index (χ0n) is 14.8. The van der Waals surface area contributed by atoms with Gasteiger partial charge in [-0.05, 0) is 44.0 Å². The molecule has 0 N–H and O–H groups in total. The van der Waals surface area contributed by atoms with Gasteiger partial charge in [0.1, 0.15) is 13.2 Å². The molecule has 1 aromatic rings. The topological polar surface area (TPSA) is 51.2 Å². The van der Waals surface area contributed by atoms with Crippen LogP contribution in [0.5, 0.6) is 11.5 Å². The van der Waals surface area contributed by atoms with Crippen molar-refractivity contribution >= 4 is 5.91 Å². The molecule has 0 aromatic heterocycles. The number of benzene rings is 1. The summed E-state index contributed by atoms with van der Waals surface area (Å²) in [6, 6.07) is 6.46. The van der Waals surface area contributed by atoms with Crippen LogP contribution in [-0.2, 0) is 9.53 Å². The molecule has 0 saturated carbocycles. The maximum absolute atomic E-state index is 12.7. The van der Waals surface area contributed by atoms with Gasteiger partial charge in [-0.25, -0.2) is 0 Å². The van der Waals surface area contributed by atoms with Crippen molar-refractivity contribution in [1.82, 2.24) is 9.80 Å². The quantitative estimate of drug-likeness (QED) is 0.836. The minimum absolute atomic E-state index is 0.130. The Morgan fingerprint density at radius 3 is 2.84 bits per heavy atom. The summed E-state index contributed by atoms with van der Waals surface area (Å²) in [5.74, 6) is 1.85. The highest BCUT2D eigenvalue weighted by Crippen LogP contribution is 2.37. The van der Waals surface area contributed by atoms with Gasteiger partial charge in [-0.1, -0.05) is 6.07 Å². The first-order chi connectivity index (χ1) is 12.2. The van der Waals surface area contributed by atoms with E-state index in [0.717, 1.165) is 30.9 Å². The molecule has 1 aromatic carbocycles. The van der Waals surface area contributed by atoms with E-state index >= 15 is 0 Å². The third-order valence-electron chi connectivity index (χ3n) is 5.25. The molecule has 1 amide bonds. The molecule has 0 spiro atoms. The fourth-order valence-electron chi connectivity index (χ4n) is 3.98. The number of amides is 1. The largest absolute Gasteiger partial charge is 0.486 e. The second kappa shape index (κ2) is 7.22. The number of hydrogen-bond acceptors (Lipinski definition) is 5. The number of morpholine rings is 1. The number of likely N-dealkylation sites (tertiary alicyclic amines) is 1. The van der Waals surface area contributed by atoms with E-state index in [2.05, 4.69) is 17.0 Å². The number of carbonyl (C=O) groups excluding carboxylic acids is 1. The van der Waals surface area contributed by atoms with E-state index < -0.39 is 0 Å². The maximum Gasteiger partial charge on any atom is 0.236 e. The lowest BCUT2D eigenvalue weighted by atomic mass is 10.0. The first-order valence-corrected chi connectivity index (χ1v) is 9.23. The fourth-order valence-corrected chi connectivity index (χ4v) is 3.98. The van der Waals surface area contributed by atoms with Crippen molar-refractivity contribution < 1.29 is 19.0 Å². The molecule has 0 bridgehead atoms. The molecule has 136 valence electrons. The standard InChI is InChI=1S/C19H26N2O4/c1-14-12-21(7-8-23-14)19(22)13-20-6-2-3-16(20)15-4-5-17-18(11-15)25-10-9-24-17/h4-5,11,14,16H,2-3,6-10,12-13H2,1H3/t14-,16+/m0/s1. The van der Waals surface area contributed by atoms with Crippen LogP contribution >= 0.6 is 0 Å². The van der Waals surface area contributed by atoms with E-state index in [1.54, 1.807) is 0 Å². The SMILES string of the molecule is C[C@H]1CN(C(=O)CN2CCC[C@@H]2c2ccc3c(c2)OCCO3)CCO1. The van der Waals surface area contributed by atoms with Gasteiger partial charge in [0.15, 0.2) is 11.5 Å². The summed E-state index contributed by atoms with van der Waals surface area (Å²) in [6.07, 6.45) is 2.32.